The molecule has 0 aliphatic heterocycles. The number of hydrogen-bond acceptors (Lipinski definition) is 6. The summed E-state index contributed by atoms with van der Waals surface area (Å²) >= 11 is 0. The zero-order valence-electron chi connectivity index (χ0n) is 11.7. The van der Waals surface area contributed by atoms with E-state index in [9.17, 15) is 4.79 Å². The van der Waals surface area contributed by atoms with Gasteiger partial charge in [0.05, 0.1) is 7.11 Å². The Hall–Kier alpha value is -2.57. The second kappa shape index (κ2) is 5.43. The van der Waals surface area contributed by atoms with Crippen molar-refractivity contribution in [3.05, 3.63) is 30.0 Å². The van der Waals surface area contributed by atoms with E-state index in [1.165, 1.54) is 24.6 Å². The first kappa shape index (κ1) is 13.4. The van der Waals surface area contributed by atoms with Gasteiger partial charge in [-0.15, -0.1) is 5.10 Å². The molecule has 21 heavy (non-hydrogen) atoms. The largest absolute Gasteiger partial charge is 0.465 e. The Balaban J connectivity index is 1.98. The molecule has 0 spiro atoms. The lowest BCUT2D eigenvalue weighted by Crippen LogP contribution is -2.10. The average Bonchev–Trinajstić information content (AvgIpc) is 3.28. The number of nitrogens with zero attached hydrogens (tertiary/aromatic N) is 3. The number of ether oxygens (including phenoxy) is 1. The molecular weight excluding hydrogens is 270 g/mol. The van der Waals surface area contributed by atoms with Gasteiger partial charge in [-0.25, -0.2) is 9.78 Å². The van der Waals surface area contributed by atoms with Gasteiger partial charge in [-0.05, 0) is 30.9 Å². The van der Waals surface area contributed by atoms with Crippen molar-refractivity contribution in [1.82, 2.24) is 14.8 Å². The second-order valence-corrected chi connectivity index (χ2v) is 5.02. The smallest absolute Gasteiger partial charge is 0.345 e. The van der Waals surface area contributed by atoms with Crippen LogP contribution in [0.15, 0.2) is 24.4 Å². The molecule has 0 radical (unpaired) electrons. The van der Waals surface area contributed by atoms with Gasteiger partial charge < -0.3 is 15.8 Å². The molecule has 1 fully saturated rings. The Bertz CT molecular complexity index is 649. The number of methoxy groups -OCH3 is 1. The van der Waals surface area contributed by atoms with Crippen LogP contribution in [0, 0.1) is 5.92 Å². The van der Waals surface area contributed by atoms with Crippen LogP contribution in [0.3, 0.4) is 0 Å². The van der Waals surface area contributed by atoms with E-state index in [2.05, 4.69) is 15.4 Å². The van der Waals surface area contributed by atoms with Crippen molar-refractivity contribution in [1.29, 1.82) is 0 Å². The minimum Gasteiger partial charge on any atom is -0.465 e. The zero-order chi connectivity index (χ0) is 14.8. The molecule has 0 unspecified atom stereocenters. The van der Waals surface area contributed by atoms with Crippen LogP contribution in [-0.2, 0) is 4.74 Å². The number of aromatic nitrogens is 3. The highest BCUT2D eigenvalue weighted by atomic mass is 16.5. The van der Waals surface area contributed by atoms with Crippen LogP contribution in [0.2, 0.25) is 0 Å². The molecule has 1 aliphatic rings. The van der Waals surface area contributed by atoms with E-state index >= 15 is 0 Å². The van der Waals surface area contributed by atoms with Crippen molar-refractivity contribution >= 4 is 17.6 Å². The number of anilines is 2. The van der Waals surface area contributed by atoms with Crippen LogP contribution in [0.1, 0.15) is 23.2 Å². The molecule has 1 saturated carbocycles. The minimum atomic E-state index is -0.507. The summed E-state index contributed by atoms with van der Waals surface area (Å²) in [6.45, 7) is 0.780. The molecule has 0 saturated heterocycles. The zero-order valence-corrected chi connectivity index (χ0v) is 11.7. The average molecular weight is 287 g/mol. The molecule has 2 aromatic rings. The first-order valence-corrected chi connectivity index (χ1v) is 6.82. The van der Waals surface area contributed by atoms with E-state index < -0.39 is 5.97 Å². The Morgan fingerprint density at radius 2 is 2.33 bits per heavy atom. The Kier molecular flexibility index (Phi) is 3.47. The van der Waals surface area contributed by atoms with Crippen molar-refractivity contribution in [3.8, 4) is 5.82 Å². The highest BCUT2D eigenvalue weighted by Gasteiger charge is 2.26. The van der Waals surface area contributed by atoms with Crippen molar-refractivity contribution in [2.45, 2.75) is 12.8 Å². The van der Waals surface area contributed by atoms with E-state index in [0.717, 1.165) is 6.54 Å². The molecule has 0 amide bonds. The molecule has 1 aliphatic carbocycles. The molecule has 0 aromatic carbocycles. The lowest BCUT2D eigenvalue weighted by atomic mass is 10.3. The van der Waals surface area contributed by atoms with E-state index in [1.54, 1.807) is 18.3 Å². The van der Waals surface area contributed by atoms with Gasteiger partial charge in [-0.1, -0.05) is 6.07 Å². The number of esters is 1. The third kappa shape index (κ3) is 2.67. The molecule has 0 bridgehead atoms. The van der Waals surface area contributed by atoms with Gasteiger partial charge in [0.15, 0.2) is 11.6 Å². The number of pyridine rings is 1. The lowest BCUT2D eigenvalue weighted by molar-refractivity contribution is 0.0603. The topological polar surface area (TPSA) is 95.1 Å². The van der Waals surface area contributed by atoms with Crippen molar-refractivity contribution in [3.63, 3.8) is 0 Å². The molecule has 110 valence electrons. The maximum atomic E-state index is 11.9. The van der Waals surface area contributed by atoms with Crippen LogP contribution in [0.5, 0.6) is 0 Å². The van der Waals surface area contributed by atoms with E-state index in [-0.39, 0.29) is 11.4 Å². The highest BCUT2D eigenvalue weighted by Crippen LogP contribution is 2.30. The number of nitrogens with two attached hydrogens (primary N) is 1. The van der Waals surface area contributed by atoms with Crippen molar-refractivity contribution < 1.29 is 9.53 Å². The summed E-state index contributed by atoms with van der Waals surface area (Å²) in [4.78, 5) is 16.1. The van der Waals surface area contributed by atoms with Gasteiger partial charge >= 0.3 is 5.97 Å². The Morgan fingerprint density at radius 1 is 1.52 bits per heavy atom. The molecule has 7 heteroatoms. The standard InChI is InChI=1S/C14H17N5O2/c1-21-14(20)11-12(15)19(10-4-2-3-7-16-10)18-13(11)17-8-9-5-6-9/h2-4,7,9H,5-6,8,15H2,1H3,(H,17,18). The molecule has 3 rings (SSSR count). The molecular formula is C14H17N5O2. The summed E-state index contributed by atoms with van der Waals surface area (Å²) in [6, 6.07) is 5.41. The molecule has 2 heterocycles. The number of rotatable bonds is 5. The SMILES string of the molecule is COC(=O)c1c(NCC2CC2)nn(-c2ccccn2)c1N. The van der Waals surface area contributed by atoms with Gasteiger partial charge in [-0.3, -0.25) is 0 Å². The second-order valence-electron chi connectivity index (χ2n) is 5.02. The third-order valence-corrected chi connectivity index (χ3v) is 3.43. The minimum absolute atomic E-state index is 0.221. The third-order valence-electron chi connectivity index (χ3n) is 3.43. The molecule has 2 aromatic heterocycles. The van der Waals surface area contributed by atoms with Gasteiger partial charge in [-0.2, -0.15) is 4.68 Å². The molecule has 3 N–H and O–H groups in total. The number of carbonyl (C=O) groups is 1. The maximum Gasteiger partial charge on any atom is 0.345 e. The summed E-state index contributed by atoms with van der Waals surface area (Å²) in [7, 11) is 1.32. The van der Waals surface area contributed by atoms with Crippen LogP contribution >= 0.6 is 0 Å². The predicted molar refractivity (Wildman–Crippen MR) is 78.3 cm³/mol. The summed E-state index contributed by atoms with van der Waals surface area (Å²) in [5.41, 5.74) is 6.31. The summed E-state index contributed by atoms with van der Waals surface area (Å²) < 4.78 is 6.24. The van der Waals surface area contributed by atoms with Gasteiger partial charge in [0, 0.05) is 12.7 Å². The van der Waals surface area contributed by atoms with Crippen molar-refractivity contribution in [2.24, 2.45) is 5.92 Å². The van der Waals surface area contributed by atoms with E-state index in [1.807, 2.05) is 6.07 Å². The van der Waals surface area contributed by atoms with E-state index in [0.29, 0.717) is 17.6 Å². The fraction of sp³-hybridized carbons (Fsp3) is 0.357. The summed E-state index contributed by atoms with van der Waals surface area (Å²) in [6.07, 6.45) is 4.06. The fourth-order valence-electron chi connectivity index (χ4n) is 2.07. The summed E-state index contributed by atoms with van der Waals surface area (Å²) in [5, 5.41) is 7.55. The van der Waals surface area contributed by atoms with Gasteiger partial charge in [0.1, 0.15) is 11.4 Å². The Morgan fingerprint density at radius 3 is 2.95 bits per heavy atom. The lowest BCUT2D eigenvalue weighted by Gasteiger charge is -2.03. The maximum absolute atomic E-state index is 11.9. The van der Waals surface area contributed by atoms with Crippen LogP contribution < -0.4 is 11.1 Å². The number of hydrogen-bond donors (Lipinski definition) is 2. The highest BCUT2D eigenvalue weighted by molar-refractivity contribution is 5.99. The summed E-state index contributed by atoms with van der Waals surface area (Å²) in [5.74, 6) is 1.36. The number of nitrogens with one attached hydrogen (secondary N) is 1. The first-order valence-electron chi connectivity index (χ1n) is 6.82. The van der Waals surface area contributed by atoms with Crippen LogP contribution in [0.4, 0.5) is 11.6 Å². The number of carbonyl (C=O) groups excluding carboxylic acids is 1. The van der Waals surface area contributed by atoms with Gasteiger partial charge in [0.2, 0.25) is 0 Å². The fourth-order valence-corrected chi connectivity index (χ4v) is 2.07. The molecule has 7 nitrogen and oxygen atoms in total. The first-order chi connectivity index (χ1) is 10.2. The monoisotopic (exact) mass is 287 g/mol. The van der Waals surface area contributed by atoms with Crippen LogP contribution in [-0.4, -0.2) is 34.4 Å². The number of nitrogen functional groups attached to an aromatic ring is 1. The van der Waals surface area contributed by atoms with Crippen molar-refractivity contribution in [2.75, 3.05) is 24.7 Å². The molecule has 0 atom stereocenters. The normalized spacial score (nSPS) is 14.0. The predicted octanol–water partition coefficient (Wildman–Crippen LogP) is 1.46. The van der Waals surface area contributed by atoms with Crippen LogP contribution in [0.25, 0.3) is 5.82 Å². The quantitative estimate of drug-likeness (QED) is 0.808. The van der Waals surface area contributed by atoms with E-state index in [4.69, 9.17) is 10.5 Å². The van der Waals surface area contributed by atoms with Gasteiger partial charge in [0.25, 0.3) is 0 Å². The Labute approximate surface area is 122 Å².